The van der Waals surface area contributed by atoms with Gasteiger partial charge in [0.1, 0.15) is 11.4 Å². The van der Waals surface area contributed by atoms with Gasteiger partial charge in [-0.1, -0.05) is 0 Å². The van der Waals surface area contributed by atoms with Crippen molar-refractivity contribution in [2.75, 3.05) is 33.3 Å². The molecule has 3 heterocycles. The zero-order chi connectivity index (χ0) is 22.7. The summed E-state index contributed by atoms with van der Waals surface area (Å²) >= 11 is 0. The summed E-state index contributed by atoms with van der Waals surface area (Å²) in [4.78, 5) is 42.2. The van der Waals surface area contributed by atoms with Crippen molar-refractivity contribution < 1.29 is 19.1 Å². The van der Waals surface area contributed by atoms with Gasteiger partial charge in [0.15, 0.2) is 5.78 Å². The molecule has 0 bridgehead atoms. The van der Waals surface area contributed by atoms with Crippen LogP contribution in [0.4, 0.5) is 0 Å². The maximum absolute atomic E-state index is 13.0. The van der Waals surface area contributed by atoms with Gasteiger partial charge in [-0.3, -0.25) is 19.1 Å². The standard InChI is InChI=1S/C24H30N4O4/c1-26-21(7-12-25-26)22(29)17-8-13-27(14-9-17)24(31)19-10-15-28(16-11-19)23(30)18-3-5-20(32-2)6-4-18/h3-7,12,17,19H,8-11,13-16H2,1-2H3. The highest BCUT2D eigenvalue weighted by atomic mass is 16.5. The summed E-state index contributed by atoms with van der Waals surface area (Å²) in [5.41, 5.74) is 1.26. The van der Waals surface area contributed by atoms with Crippen LogP contribution in [0.1, 0.15) is 46.5 Å². The third-order valence-corrected chi connectivity index (χ3v) is 6.72. The molecule has 2 aromatic rings. The summed E-state index contributed by atoms with van der Waals surface area (Å²) in [5, 5.41) is 4.08. The van der Waals surface area contributed by atoms with Gasteiger partial charge in [0.25, 0.3) is 5.91 Å². The Bertz CT molecular complexity index is 968. The van der Waals surface area contributed by atoms with Gasteiger partial charge in [0.05, 0.1) is 7.11 Å². The van der Waals surface area contributed by atoms with Crippen LogP contribution < -0.4 is 4.74 Å². The molecule has 2 amide bonds. The third-order valence-electron chi connectivity index (χ3n) is 6.72. The van der Waals surface area contributed by atoms with E-state index in [1.807, 2.05) is 9.80 Å². The molecular formula is C24H30N4O4. The minimum absolute atomic E-state index is 0.00644. The number of methoxy groups -OCH3 is 1. The van der Waals surface area contributed by atoms with Gasteiger partial charge in [-0.25, -0.2) is 0 Å². The lowest BCUT2D eigenvalue weighted by atomic mass is 9.89. The highest BCUT2D eigenvalue weighted by molar-refractivity contribution is 5.96. The van der Waals surface area contributed by atoms with Crippen molar-refractivity contribution in [3.05, 3.63) is 47.8 Å². The van der Waals surface area contributed by atoms with Crippen LogP contribution in [-0.4, -0.2) is 70.5 Å². The SMILES string of the molecule is COc1ccc(C(=O)N2CCC(C(=O)N3CCC(C(=O)c4ccnn4C)CC3)CC2)cc1. The molecule has 0 radical (unpaired) electrons. The highest BCUT2D eigenvalue weighted by Crippen LogP contribution is 2.26. The number of hydrogen-bond acceptors (Lipinski definition) is 5. The number of Topliss-reactive ketones (excluding diaryl/α,β-unsaturated/α-hetero) is 1. The van der Waals surface area contributed by atoms with Crippen molar-refractivity contribution in [3.63, 3.8) is 0 Å². The Labute approximate surface area is 188 Å². The predicted molar refractivity (Wildman–Crippen MR) is 118 cm³/mol. The normalized spacial score (nSPS) is 17.9. The molecule has 2 aliphatic heterocycles. The molecule has 0 aliphatic carbocycles. The highest BCUT2D eigenvalue weighted by Gasteiger charge is 2.34. The van der Waals surface area contributed by atoms with E-state index in [1.165, 1.54) is 0 Å². The molecule has 8 heteroatoms. The van der Waals surface area contributed by atoms with Gasteiger partial charge in [-0.05, 0) is 56.0 Å². The molecule has 0 unspecified atom stereocenters. The zero-order valence-corrected chi connectivity index (χ0v) is 18.7. The average Bonchev–Trinajstić information content (AvgIpc) is 3.28. The van der Waals surface area contributed by atoms with E-state index >= 15 is 0 Å². The van der Waals surface area contributed by atoms with Gasteiger partial charge in [-0.2, -0.15) is 5.10 Å². The van der Waals surface area contributed by atoms with E-state index in [4.69, 9.17) is 4.74 Å². The molecule has 0 spiro atoms. The first-order valence-electron chi connectivity index (χ1n) is 11.2. The minimum atomic E-state index is -0.0570. The van der Waals surface area contributed by atoms with Crippen LogP contribution in [0.3, 0.4) is 0 Å². The molecule has 32 heavy (non-hydrogen) atoms. The molecule has 2 saturated heterocycles. The Morgan fingerprint density at radius 1 is 0.875 bits per heavy atom. The number of hydrogen-bond donors (Lipinski definition) is 0. The van der Waals surface area contributed by atoms with Crippen LogP contribution in [-0.2, 0) is 11.8 Å². The molecule has 4 rings (SSSR count). The predicted octanol–water partition coefficient (Wildman–Crippen LogP) is 2.40. The number of benzene rings is 1. The van der Waals surface area contributed by atoms with E-state index in [2.05, 4.69) is 5.10 Å². The second-order valence-corrected chi connectivity index (χ2v) is 8.60. The van der Waals surface area contributed by atoms with Gasteiger partial charge >= 0.3 is 0 Å². The number of carbonyl (C=O) groups excluding carboxylic acids is 3. The van der Waals surface area contributed by atoms with Crippen LogP contribution in [0.2, 0.25) is 0 Å². The first kappa shape index (κ1) is 22.0. The summed E-state index contributed by atoms with van der Waals surface area (Å²) < 4.78 is 6.76. The van der Waals surface area contributed by atoms with Crippen molar-refractivity contribution in [3.8, 4) is 5.75 Å². The smallest absolute Gasteiger partial charge is 0.253 e. The molecule has 0 saturated carbocycles. The second-order valence-electron chi connectivity index (χ2n) is 8.60. The summed E-state index contributed by atoms with van der Waals surface area (Å²) in [6, 6.07) is 8.87. The maximum Gasteiger partial charge on any atom is 0.253 e. The average molecular weight is 439 g/mol. The number of aromatic nitrogens is 2. The number of ketones is 1. The van der Waals surface area contributed by atoms with Crippen molar-refractivity contribution >= 4 is 17.6 Å². The molecule has 2 aliphatic rings. The quantitative estimate of drug-likeness (QED) is 0.670. The summed E-state index contributed by atoms with van der Waals surface area (Å²) in [6.45, 7) is 2.38. The number of aryl methyl sites for hydroxylation is 1. The number of ether oxygens (including phenoxy) is 1. The lowest BCUT2D eigenvalue weighted by Crippen LogP contribution is -2.47. The third kappa shape index (κ3) is 4.54. The first-order valence-corrected chi connectivity index (χ1v) is 11.2. The van der Waals surface area contributed by atoms with Crippen molar-refractivity contribution in [2.24, 2.45) is 18.9 Å². The van der Waals surface area contributed by atoms with E-state index in [9.17, 15) is 14.4 Å². The van der Waals surface area contributed by atoms with E-state index < -0.39 is 0 Å². The van der Waals surface area contributed by atoms with Gasteiger partial charge in [-0.15, -0.1) is 0 Å². The molecule has 1 aromatic heterocycles. The minimum Gasteiger partial charge on any atom is -0.497 e. The topological polar surface area (TPSA) is 84.7 Å². The molecule has 1 aromatic carbocycles. The molecule has 8 nitrogen and oxygen atoms in total. The van der Waals surface area contributed by atoms with Crippen LogP contribution >= 0.6 is 0 Å². The Balaban J connectivity index is 1.26. The Morgan fingerprint density at radius 2 is 1.47 bits per heavy atom. The number of likely N-dealkylation sites (tertiary alicyclic amines) is 2. The van der Waals surface area contributed by atoms with E-state index in [0.717, 1.165) is 5.75 Å². The summed E-state index contributed by atoms with van der Waals surface area (Å²) in [6.07, 6.45) is 4.36. The van der Waals surface area contributed by atoms with Crippen molar-refractivity contribution in [1.82, 2.24) is 19.6 Å². The van der Waals surface area contributed by atoms with Crippen LogP contribution in [0.15, 0.2) is 36.5 Å². The largest absolute Gasteiger partial charge is 0.497 e. The first-order chi connectivity index (χ1) is 15.5. The van der Waals surface area contributed by atoms with E-state index in [-0.39, 0.29) is 29.4 Å². The maximum atomic E-state index is 13.0. The van der Waals surface area contributed by atoms with E-state index in [1.54, 1.807) is 55.4 Å². The molecule has 170 valence electrons. The summed E-state index contributed by atoms with van der Waals surface area (Å²) in [5.74, 6) is 0.873. The van der Waals surface area contributed by atoms with E-state index in [0.29, 0.717) is 63.1 Å². The van der Waals surface area contributed by atoms with Crippen molar-refractivity contribution in [2.45, 2.75) is 25.7 Å². The van der Waals surface area contributed by atoms with Gasteiger partial charge in [0, 0.05) is 56.8 Å². The Kier molecular flexibility index (Phi) is 6.58. The Hall–Kier alpha value is -3.16. The van der Waals surface area contributed by atoms with Gasteiger partial charge in [0.2, 0.25) is 5.91 Å². The number of rotatable bonds is 5. The van der Waals surface area contributed by atoms with Gasteiger partial charge < -0.3 is 14.5 Å². The molecule has 0 N–H and O–H groups in total. The fraction of sp³-hybridized carbons (Fsp3) is 0.500. The molecule has 2 fully saturated rings. The molecular weight excluding hydrogens is 408 g/mol. The molecule has 0 atom stereocenters. The lowest BCUT2D eigenvalue weighted by Gasteiger charge is -2.37. The van der Waals surface area contributed by atoms with Crippen LogP contribution in [0, 0.1) is 11.8 Å². The lowest BCUT2D eigenvalue weighted by molar-refractivity contribution is -0.138. The van der Waals surface area contributed by atoms with Crippen molar-refractivity contribution in [1.29, 1.82) is 0 Å². The van der Waals surface area contributed by atoms with Crippen LogP contribution in [0.5, 0.6) is 5.75 Å². The Morgan fingerprint density at radius 3 is 2.03 bits per heavy atom. The number of amides is 2. The zero-order valence-electron chi connectivity index (χ0n) is 18.7. The number of carbonyl (C=O) groups is 3. The number of piperidine rings is 2. The fourth-order valence-electron chi connectivity index (χ4n) is 4.69. The monoisotopic (exact) mass is 438 g/mol. The van der Waals surface area contributed by atoms with Crippen LogP contribution in [0.25, 0.3) is 0 Å². The number of nitrogens with zero attached hydrogens (tertiary/aromatic N) is 4. The fourth-order valence-corrected chi connectivity index (χ4v) is 4.69. The summed E-state index contributed by atoms with van der Waals surface area (Å²) in [7, 11) is 3.37. The second kappa shape index (κ2) is 9.54.